The Bertz CT molecular complexity index is 710. The van der Waals surface area contributed by atoms with E-state index in [1.807, 2.05) is 18.2 Å². The Balaban J connectivity index is 1.90. The van der Waals surface area contributed by atoms with Gasteiger partial charge in [0.1, 0.15) is 0 Å². The molecule has 1 unspecified atom stereocenters. The molecular weight excluding hydrogens is 332 g/mol. The SMILES string of the molecule is COc1ccc(C2(C#N)CC[C@@H](OC)[C@H](C(N)=O)C2)cc1OCC1CC1. The van der Waals surface area contributed by atoms with Crippen molar-refractivity contribution in [1.29, 1.82) is 5.26 Å². The average molecular weight is 358 g/mol. The van der Waals surface area contributed by atoms with Crippen molar-refractivity contribution < 1.29 is 19.0 Å². The molecule has 0 heterocycles. The van der Waals surface area contributed by atoms with E-state index in [0.29, 0.717) is 43.3 Å². The van der Waals surface area contributed by atoms with E-state index in [1.165, 1.54) is 12.8 Å². The van der Waals surface area contributed by atoms with Crippen LogP contribution < -0.4 is 15.2 Å². The molecule has 0 radical (unpaired) electrons. The first-order valence-electron chi connectivity index (χ1n) is 9.07. The Labute approximate surface area is 154 Å². The summed E-state index contributed by atoms with van der Waals surface area (Å²) >= 11 is 0. The number of carbonyl (C=O) groups excluding carboxylic acids is 1. The van der Waals surface area contributed by atoms with Crippen molar-refractivity contribution in [3.8, 4) is 17.6 Å². The molecule has 0 spiro atoms. The maximum absolute atomic E-state index is 11.9. The average Bonchev–Trinajstić information content (AvgIpc) is 3.50. The number of nitrogens with zero attached hydrogens (tertiary/aromatic N) is 1. The Hall–Kier alpha value is -2.26. The Kier molecular flexibility index (Phi) is 5.38. The van der Waals surface area contributed by atoms with Gasteiger partial charge in [0.15, 0.2) is 11.5 Å². The van der Waals surface area contributed by atoms with E-state index in [-0.39, 0.29) is 6.10 Å². The fourth-order valence-corrected chi connectivity index (χ4v) is 3.77. The summed E-state index contributed by atoms with van der Waals surface area (Å²) < 4.78 is 16.8. The number of carbonyl (C=O) groups is 1. The summed E-state index contributed by atoms with van der Waals surface area (Å²) in [5, 5.41) is 9.98. The van der Waals surface area contributed by atoms with Gasteiger partial charge in [-0.1, -0.05) is 6.07 Å². The molecule has 6 heteroatoms. The molecule has 1 aromatic rings. The Morgan fingerprint density at radius 1 is 1.31 bits per heavy atom. The molecule has 2 aliphatic carbocycles. The number of primary amides is 1. The molecule has 0 aliphatic heterocycles. The van der Waals surface area contributed by atoms with E-state index in [9.17, 15) is 10.1 Å². The van der Waals surface area contributed by atoms with Crippen molar-refractivity contribution in [2.24, 2.45) is 17.6 Å². The third-order valence-electron chi connectivity index (χ3n) is 5.64. The molecule has 0 bridgehead atoms. The van der Waals surface area contributed by atoms with E-state index in [0.717, 1.165) is 5.56 Å². The first kappa shape index (κ1) is 18.5. The quantitative estimate of drug-likeness (QED) is 0.808. The first-order chi connectivity index (χ1) is 12.5. The second-order valence-electron chi connectivity index (χ2n) is 7.34. The molecule has 2 aliphatic rings. The van der Waals surface area contributed by atoms with Crippen molar-refractivity contribution in [3.05, 3.63) is 23.8 Å². The van der Waals surface area contributed by atoms with Gasteiger partial charge >= 0.3 is 0 Å². The van der Waals surface area contributed by atoms with Crippen LogP contribution in [-0.4, -0.2) is 32.8 Å². The van der Waals surface area contributed by atoms with Gasteiger partial charge in [0.25, 0.3) is 0 Å². The summed E-state index contributed by atoms with van der Waals surface area (Å²) in [5.74, 6) is 1.02. The smallest absolute Gasteiger partial charge is 0.223 e. The lowest BCUT2D eigenvalue weighted by atomic mass is 9.65. The third kappa shape index (κ3) is 3.63. The highest BCUT2D eigenvalue weighted by Crippen LogP contribution is 2.45. The summed E-state index contributed by atoms with van der Waals surface area (Å²) in [4.78, 5) is 11.9. The second kappa shape index (κ2) is 7.55. The number of ether oxygens (including phenoxy) is 3. The lowest BCUT2D eigenvalue weighted by Crippen LogP contribution is -2.45. The Morgan fingerprint density at radius 3 is 2.65 bits per heavy atom. The van der Waals surface area contributed by atoms with Crippen LogP contribution in [0.1, 0.15) is 37.7 Å². The number of amides is 1. The van der Waals surface area contributed by atoms with Crippen molar-refractivity contribution in [1.82, 2.24) is 0 Å². The van der Waals surface area contributed by atoms with Crippen LogP contribution in [0.3, 0.4) is 0 Å². The molecule has 2 fully saturated rings. The number of benzene rings is 1. The molecule has 6 nitrogen and oxygen atoms in total. The maximum Gasteiger partial charge on any atom is 0.223 e. The van der Waals surface area contributed by atoms with Crippen LogP contribution in [-0.2, 0) is 14.9 Å². The molecule has 0 saturated heterocycles. The number of hydrogen-bond donors (Lipinski definition) is 1. The van der Waals surface area contributed by atoms with Crippen molar-refractivity contribution >= 4 is 5.91 Å². The molecule has 0 aromatic heterocycles. The van der Waals surface area contributed by atoms with Gasteiger partial charge in [0.2, 0.25) is 5.91 Å². The lowest BCUT2D eigenvalue weighted by molar-refractivity contribution is -0.129. The normalized spacial score (nSPS) is 28.2. The number of rotatable bonds is 7. The van der Waals surface area contributed by atoms with Gasteiger partial charge in [-0.3, -0.25) is 4.79 Å². The zero-order valence-corrected chi connectivity index (χ0v) is 15.4. The fraction of sp³-hybridized carbons (Fsp3) is 0.600. The highest BCUT2D eigenvalue weighted by atomic mass is 16.5. The molecular formula is C20H26N2O4. The molecule has 3 atom stereocenters. The summed E-state index contributed by atoms with van der Waals surface area (Å²) in [6.07, 6.45) is 3.73. The predicted molar refractivity (Wildman–Crippen MR) is 95.8 cm³/mol. The first-order valence-corrected chi connectivity index (χ1v) is 9.07. The van der Waals surface area contributed by atoms with E-state index >= 15 is 0 Å². The van der Waals surface area contributed by atoms with Gasteiger partial charge in [-0.05, 0) is 55.7 Å². The second-order valence-corrected chi connectivity index (χ2v) is 7.34. The van der Waals surface area contributed by atoms with Crippen LogP contribution in [0.2, 0.25) is 0 Å². The van der Waals surface area contributed by atoms with Gasteiger partial charge in [-0.2, -0.15) is 5.26 Å². The van der Waals surface area contributed by atoms with Crippen molar-refractivity contribution in [3.63, 3.8) is 0 Å². The number of methoxy groups -OCH3 is 2. The molecule has 2 N–H and O–H groups in total. The van der Waals surface area contributed by atoms with Crippen LogP contribution in [0.5, 0.6) is 11.5 Å². The number of hydrogen-bond acceptors (Lipinski definition) is 5. The fourth-order valence-electron chi connectivity index (χ4n) is 3.77. The summed E-state index contributed by atoms with van der Waals surface area (Å²) in [6.45, 7) is 0.662. The van der Waals surface area contributed by atoms with Gasteiger partial charge in [-0.15, -0.1) is 0 Å². The van der Waals surface area contributed by atoms with Crippen LogP contribution >= 0.6 is 0 Å². The van der Waals surface area contributed by atoms with Gasteiger partial charge in [0, 0.05) is 7.11 Å². The predicted octanol–water partition coefficient (Wildman–Crippen LogP) is 2.55. The van der Waals surface area contributed by atoms with Crippen LogP contribution in [0.4, 0.5) is 0 Å². The topological polar surface area (TPSA) is 94.6 Å². The van der Waals surface area contributed by atoms with Crippen LogP contribution in [0, 0.1) is 23.2 Å². The minimum absolute atomic E-state index is 0.238. The molecule has 1 aromatic carbocycles. The molecule has 26 heavy (non-hydrogen) atoms. The van der Waals surface area contributed by atoms with Gasteiger partial charge in [0.05, 0.1) is 37.2 Å². The number of nitrogens with two attached hydrogens (primary N) is 1. The monoisotopic (exact) mass is 358 g/mol. The minimum Gasteiger partial charge on any atom is -0.493 e. The van der Waals surface area contributed by atoms with E-state index < -0.39 is 17.2 Å². The van der Waals surface area contributed by atoms with Crippen LogP contribution in [0.25, 0.3) is 0 Å². The zero-order chi connectivity index (χ0) is 18.7. The maximum atomic E-state index is 11.9. The summed E-state index contributed by atoms with van der Waals surface area (Å²) in [6, 6.07) is 8.05. The molecule has 2 saturated carbocycles. The highest BCUT2D eigenvalue weighted by molar-refractivity contribution is 5.78. The van der Waals surface area contributed by atoms with Crippen molar-refractivity contribution in [2.75, 3.05) is 20.8 Å². The lowest BCUT2D eigenvalue weighted by Gasteiger charge is -2.39. The standard InChI is InChI=1S/C20H26N2O4/c1-24-16-7-8-20(12-21,10-15(16)19(22)23)14-5-6-17(25-2)18(9-14)26-11-13-3-4-13/h5-6,9,13,15-16H,3-4,7-8,10-11H2,1-2H3,(H2,22,23)/t15-,16-,20?/m1/s1. The third-order valence-corrected chi connectivity index (χ3v) is 5.64. The zero-order valence-electron chi connectivity index (χ0n) is 15.4. The van der Waals surface area contributed by atoms with E-state index in [2.05, 4.69) is 6.07 Å². The summed E-state index contributed by atoms with van der Waals surface area (Å²) in [7, 11) is 3.18. The van der Waals surface area contributed by atoms with Crippen LogP contribution in [0.15, 0.2) is 18.2 Å². The number of nitriles is 1. The molecule has 3 rings (SSSR count). The van der Waals surface area contributed by atoms with Crippen molar-refractivity contribution in [2.45, 2.75) is 43.6 Å². The van der Waals surface area contributed by atoms with Gasteiger partial charge in [-0.25, -0.2) is 0 Å². The summed E-state index contributed by atoms with van der Waals surface area (Å²) in [5.41, 5.74) is 5.64. The van der Waals surface area contributed by atoms with E-state index in [4.69, 9.17) is 19.9 Å². The Morgan fingerprint density at radius 2 is 2.08 bits per heavy atom. The minimum atomic E-state index is -0.779. The molecule has 140 valence electrons. The highest BCUT2D eigenvalue weighted by Gasteiger charge is 2.45. The van der Waals surface area contributed by atoms with Gasteiger partial charge < -0.3 is 19.9 Å². The largest absolute Gasteiger partial charge is 0.493 e. The molecule has 1 amide bonds. The van der Waals surface area contributed by atoms with E-state index in [1.54, 1.807) is 14.2 Å².